The van der Waals surface area contributed by atoms with E-state index in [1.165, 1.54) is 45.4 Å². The maximum Gasteiger partial charge on any atom is 0.0587 e. The van der Waals surface area contributed by atoms with Crippen LogP contribution >= 0.6 is 0 Å². The van der Waals surface area contributed by atoms with Crippen molar-refractivity contribution in [3.63, 3.8) is 0 Å². The Kier molecular flexibility index (Phi) is 8.59. The quantitative estimate of drug-likeness (QED) is 0.588. The van der Waals surface area contributed by atoms with E-state index in [2.05, 4.69) is 29.2 Å². The molecule has 1 atom stereocenters. The van der Waals surface area contributed by atoms with Gasteiger partial charge in [0, 0.05) is 26.7 Å². The fourth-order valence-corrected chi connectivity index (χ4v) is 2.64. The van der Waals surface area contributed by atoms with Crippen molar-refractivity contribution in [3.8, 4) is 0 Å². The number of hydrogen-bond acceptors (Lipinski definition) is 4. The summed E-state index contributed by atoms with van der Waals surface area (Å²) in [7, 11) is 6.24. The average molecular weight is 257 g/mol. The first-order valence-corrected chi connectivity index (χ1v) is 7.29. The van der Waals surface area contributed by atoms with Crippen LogP contribution in [-0.2, 0) is 4.74 Å². The van der Waals surface area contributed by atoms with Crippen molar-refractivity contribution in [1.29, 1.82) is 0 Å². The van der Waals surface area contributed by atoms with Gasteiger partial charge in [0.05, 0.1) is 6.61 Å². The van der Waals surface area contributed by atoms with Gasteiger partial charge in [-0.05, 0) is 58.9 Å². The van der Waals surface area contributed by atoms with E-state index in [9.17, 15) is 0 Å². The van der Waals surface area contributed by atoms with Crippen LogP contribution in [0.3, 0.4) is 0 Å². The molecule has 1 aliphatic heterocycles. The van der Waals surface area contributed by atoms with Crippen LogP contribution in [0.5, 0.6) is 0 Å². The van der Waals surface area contributed by atoms with Gasteiger partial charge in [-0.1, -0.05) is 0 Å². The maximum absolute atomic E-state index is 4.99. The lowest BCUT2D eigenvalue weighted by molar-refractivity contribution is 0.199. The first-order valence-electron chi connectivity index (χ1n) is 7.29. The second-order valence-electron chi connectivity index (χ2n) is 5.63. The molecular weight excluding hydrogens is 226 g/mol. The molecule has 18 heavy (non-hydrogen) atoms. The molecule has 1 rings (SSSR count). The highest BCUT2D eigenvalue weighted by molar-refractivity contribution is 4.75. The van der Waals surface area contributed by atoms with Crippen LogP contribution in [0.2, 0.25) is 0 Å². The number of ether oxygens (including phenoxy) is 1. The molecule has 4 nitrogen and oxygen atoms in total. The SMILES string of the molecule is COCCNCCCCN(C)CC1CCN(C)C1. The molecule has 4 heteroatoms. The summed E-state index contributed by atoms with van der Waals surface area (Å²) in [6.45, 7) is 7.96. The third-order valence-corrected chi connectivity index (χ3v) is 3.69. The summed E-state index contributed by atoms with van der Waals surface area (Å²) < 4.78 is 4.99. The molecule has 1 saturated heterocycles. The fraction of sp³-hybridized carbons (Fsp3) is 1.00. The Morgan fingerprint density at radius 3 is 2.83 bits per heavy atom. The van der Waals surface area contributed by atoms with Crippen LogP contribution in [0.15, 0.2) is 0 Å². The number of unbranched alkanes of at least 4 members (excludes halogenated alkanes) is 1. The van der Waals surface area contributed by atoms with Crippen molar-refractivity contribution < 1.29 is 4.74 Å². The van der Waals surface area contributed by atoms with Gasteiger partial charge in [-0.2, -0.15) is 0 Å². The molecule has 1 aliphatic rings. The Hall–Kier alpha value is -0.160. The highest BCUT2D eigenvalue weighted by Crippen LogP contribution is 2.15. The Bertz CT molecular complexity index is 201. The van der Waals surface area contributed by atoms with Crippen molar-refractivity contribution in [2.45, 2.75) is 19.3 Å². The van der Waals surface area contributed by atoms with Crippen molar-refractivity contribution in [2.24, 2.45) is 5.92 Å². The number of nitrogens with one attached hydrogen (secondary N) is 1. The number of rotatable bonds is 10. The van der Waals surface area contributed by atoms with E-state index in [1.807, 2.05) is 0 Å². The molecule has 1 fully saturated rings. The minimum Gasteiger partial charge on any atom is -0.383 e. The molecular formula is C14H31N3O. The molecule has 1 unspecified atom stereocenters. The standard InChI is InChI=1S/C14H31N3O/c1-16(12-14-6-10-17(2)13-14)9-5-4-7-15-8-11-18-3/h14-15H,4-13H2,1-3H3. The van der Waals surface area contributed by atoms with Gasteiger partial charge in [0.25, 0.3) is 0 Å². The first kappa shape index (κ1) is 15.9. The van der Waals surface area contributed by atoms with Gasteiger partial charge in [-0.3, -0.25) is 0 Å². The van der Waals surface area contributed by atoms with Crippen LogP contribution in [-0.4, -0.2) is 76.9 Å². The van der Waals surface area contributed by atoms with E-state index < -0.39 is 0 Å². The highest BCUT2D eigenvalue weighted by Gasteiger charge is 2.20. The van der Waals surface area contributed by atoms with Crippen molar-refractivity contribution in [2.75, 3.05) is 67.1 Å². The first-order chi connectivity index (χ1) is 8.72. The van der Waals surface area contributed by atoms with Crippen molar-refractivity contribution in [1.82, 2.24) is 15.1 Å². The molecule has 0 aromatic carbocycles. The molecule has 0 spiro atoms. The minimum atomic E-state index is 0.815. The van der Waals surface area contributed by atoms with Gasteiger partial charge in [0.2, 0.25) is 0 Å². The van der Waals surface area contributed by atoms with E-state index in [0.29, 0.717) is 0 Å². The van der Waals surface area contributed by atoms with Crippen LogP contribution in [0, 0.1) is 5.92 Å². The number of nitrogens with zero attached hydrogens (tertiary/aromatic N) is 2. The zero-order valence-corrected chi connectivity index (χ0v) is 12.5. The Balaban J connectivity index is 1.89. The van der Waals surface area contributed by atoms with Gasteiger partial charge < -0.3 is 19.9 Å². The number of methoxy groups -OCH3 is 1. The zero-order valence-electron chi connectivity index (χ0n) is 12.5. The van der Waals surface area contributed by atoms with E-state index in [4.69, 9.17) is 4.74 Å². The van der Waals surface area contributed by atoms with Gasteiger partial charge in [0.15, 0.2) is 0 Å². The smallest absolute Gasteiger partial charge is 0.0587 e. The maximum atomic E-state index is 4.99. The predicted molar refractivity (Wildman–Crippen MR) is 77.1 cm³/mol. The highest BCUT2D eigenvalue weighted by atomic mass is 16.5. The summed E-state index contributed by atoms with van der Waals surface area (Å²) in [5, 5.41) is 3.39. The topological polar surface area (TPSA) is 27.7 Å². The minimum absolute atomic E-state index is 0.815. The molecule has 0 aliphatic carbocycles. The molecule has 0 aromatic heterocycles. The summed E-state index contributed by atoms with van der Waals surface area (Å²) in [6, 6.07) is 0. The summed E-state index contributed by atoms with van der Waals surface area (Å²) in [6.07, 6.45) is 3.93. The van der Waals surface area contributed by atoms with Crippen LogP contribution in [0.25, 0.3) is 0 Å². The van der Waals surface area contributed by atoms with Gasteiger partial charge in [-0.25, -0.2) is 0 Å². The van der Waals surface area contributed by atoms with Crippen LogP contribution in [0.4, 0.5) is 0 Å². The molecule has 108 valence electrons. The molecule has 0 amide bonds. The summed E-state index contributed by atoms with van der Waals surface area (Å²) >= 11 is 0. The van der Waals surface area contributed by atoms with Gasteiger partial charge >= 0.3 is 0 Å². The monoisotopic (exact) mass is 257 g/mol. The third-order valence-electron chi connectivity index (χ3n) is 3.69. The molecule has 0 bridgehead atoms. The largest absolute Gasteiger partial charge is 0.383 e. The average Bonchev–Trinajstić information content (AvgIpc) is 2.73. The molecule has 0 radical (unpaired) electrons. The van der Waals surface area contributed by atoms with E-state index >= 15 is 0 Å². The number of hydrogen-bond donors (Lipinski definition) is 1. The second kappa shape index (κ2) is 9.73. The lowest BCUT2D eigenvalue weighted by Gasteiger charge is -2.20. The lowest BCUT2D eigenvalue weighted by atomic mass is 10.1. The van der Waals surface area contributed by atoms with Gasteiger partial charge in [0.1, 0.15) is 0 Å². The van der Waals surface area contributed by atoms with E-state index in [-0.39, 0.29) is 0 Å². The van der Waals surface area contributed by atoms with E-state index in [0.717, 1.165) is 25.6 Å². The normalized spacial score (nSPS) is 21.0. The van der Waals surface area contributed by atoms with Crippen molar-refractivity contribution >= 4 is 0 Å². The Labute approximate surface area is 113 Å². The molecule has 1 N–H and O–H groups in total. The van der Waals surface area contributed by atoms with Crippen molar-refractivity contribution in [3.05, 3.63) is 0 Å². The molecule has 0 saturated carbocycles. The van der Waals surface area contributed by atoms with Gasteiger partial charge in [-0.15, -0.1) is 0 Å². The third kappa shape index (κ3) is 7.31. The molecule has 0 aromatic rings. The zero-order chi connectivity index (χ0) is 13.2. The Morgan fingerprint density at radius 1 is 1.33 bits per heavy atom. The van der Waals surface area contributed by atoms with Crippen LogP contribution < -0.4 is 5.32 Å². The Morgan fingerprint density at radius 2 is 2.17 bits per heavy atom. The lowest BCUT2D eigenvalue weighted by Crippen LogP contribution is -2.29. The predicted octanol–water partition coefficient (Wildman–Crippen LogP) is 0.886. The molecule has 1 heterocycles. The summed E-state index contributed by atoms with van der Waals surface area (Å²) in [4.78, 5) is 4.94. The van der Waals surface area contributed by atoms with E-state index in [1.54, 1.807) is 7.11 Å². The summed E-state index contributed by atoms with van der Waals surface area (Å²) in [5.41, 5.74) is 0. The number of likely N-dealkylation sites (tertiary alicyclic amines) is 1. The van der Waals surface area contributed by atoms with Crippen LogP contribution in [0.1, 0.15) is 19.3 Å². The fourth-order valence-electron chi connectivity index (χ4n) is 2.64. The summed E-state index contributed by atoms with van der Waals surface area (Å²) in [5.74, 6) is 0.889. The second-order valence-corrected chi connectivity index (χ2v) is 5.63.